The molecule has 4 nitrogen and oxygen atoms in total. The average molecular weight is 224 g/mol. The van der Waals surface area contributed by atoms with Gasteiger partial charge in [0.1, 0.15) is 0 Å². The molecule has 0 aromatic heterocycles. The Hall–Kier alpha value is -0.770. The molecule has 0 aromatic carbocycles. The number of aliphatic imine (C=N–C) groups is 1. The fourth-order valence-electron chi connectivity index (χ4n) is 2.48. The van der Waals surface area contributed by atoms with Crippen LogP contribution in [0.2, 0.25) is 0 Å². The Morgan fingerprint density at radius 3 is 2.88 bits per heavy atom. The Bertz CT molecular complexity index is 243. The number of piperidine rings is 1. The second kappa shape index (κ2) is 5.53. The van der Waals surface area contributed by atoms with Crippen LogP contribution in [0.4, 0.5) is 0 Å². The van der Waals surface area contributed by atoms with Gasteiger partial charge in [0.15, 0.2) is 5.96 Å². The van der Waals surface area contributed by atoms with Gasteiger partial charge in [-0.3, -0.25) is 4.99 Å². The summed E-state index contributed by atoms with van der Waals surface area (Å²) in [5.41, 5.74) is 0. The van der Waals surface area contributed by atoms with E-state index >= 15 is 0 Å². The molecule has 1 saturated heterocycles. The van der Waals surface area contributed by atoms with Gasteiger partial charge in [-0.1, -0.05) is 0 Å². The van der Waals surface area contributed by atoms with Crippen molar-refractivity contribution in [2.75, 3.05) is 32.7 Å². The summed E-state index contributed by atoms with van der Waals surface area (Å²) >= 11 is 0. The highest BCUT2D eigenvalue weighted by atomic mass is 15.3. The zero-order chi connectivity index (χ0) is 11.4. The van der Waals surface area contributed by atoms with Crippen LogP contribution >= 0.6 is 0 Å². The van der Waals surface area contributed by atoms with Crippen LogP contribution in [0.3, 0.4) is 0 Å². The van der Waals surface area contributed by atoms with Gasteiger partial charge in [0, 0.05) is 19.1 Å². The third-order valence-corrected chi connectivity index (χ3v) is 3.41. The average Bonchev–Trinajstić information content (AvgIpc) is 2.80. The molecule has 1 unspecified atom stereocenters. The minimum absolute atomic E-state index is 0.534. The van der Waals surface area contributed by atoms with Crippen LogP contribution in [0.25, 0.3) is 0 Å². The maximum atomic E-state index is 4.53. The minimum atomic E-state index is 0.534. The van der Waals surface area contributed by atoms with Crippen molar-refractivity contribution in [3.05, 3.63) is 0 Å². The Morgan fingerprint density at radius 1 is 1.44 bits per heavy atom. The van der Waals surface area contributed by atoms with E-state index in [9.17, 15) is 0 Å². The minimum Gasteiger partial charge on any atom is -0.354 e. The molecule has 2 N–H and O–H groups in total. The van der Waals surface area contributed by atoms with Crippen molar-refractivity contribution in [2.45, 2.75) is 32.7 Å². The van der Waals surface area contributed by atoms with Crippen LogP contribution in [0, 0.1) is 5.92 Å². The molecule has 4 heteroatoms. The second-order valence-electron chi connectivity index (χ2n) is 5.09. The molecule has 0 amide bonds. The lowest BCUT2D eigenvalue weighted by molar-refractivity contribution is 0.251. The van der Waals surface area contributed by atoms with Crippen LogP contribution < -0.4 is 10.6 Å². The molecule has 0 aromatic rings. The first kappa shape index (κ1) is 11.7. The molecule has 0 saturated carbocycles. The number of hydrogen-bond acceptors (Lipinski definition) is 4. The summed E-state index contributed by atoms with van der Waals surface area (Å²) in [6.45, 7) is 9.92. The predicted molar refractivity (Wildman–Crippen MR) is 67.7 cm³/mol. The Morgan fingerprint density at radius 2 is 2.31 bits per heavy atom. The summed E-state index contributed by atoms with van der Waals surface area (Å²) in [5, 5.41) is 6.87. The van der Waals surface area contributed by atoms with Crippen molar-refractivity contribution in [2.24, 2.45) is 10.9 Å². The standard InChI is InChI=1S/C12H24N4/c1-10(2)16(12-14-6-7-15-12)9-11-4-3-5-13-8-11/h10-11,13H,3-9H2,1-2H3,(H,14,15). The highest BCUT2D eigenvalue weighted by Gasteiger charge is 2.22. The highest BCUT2D eigenvalue weighted by Crippen LogP contribution is 2.14. The van der Waals surface area contributed by atoms with Crippen LogP contribution in [-0.2, 0) is 0 Å². The van der Waals surface area contributed by atoms with Gasteiger partial charge in [0.05, 0.1) is 6.54 Å². The lowest BCUT2D eigenvalue weighted by atomic mass is 9.99. The molecule has 1 atom stereocenters. The van der Waals surface area contributed by atoms with E-state index in [0.29, 0.717) is 6.04 Å². The van der Waals surface area contributed by atoms with Crippen LogP contribution in [0.5, 0.6) is 0 Å². The van der Waals surface area contributed by atoms with Crippen LogP contribution in [-0.4, -0.2) is 49.6 Å². The van der Waals surface area contributed by atoms with Gasteiger partial charge < -0.3 is 15.5 Å². The van der Waals surface area contributed by atoms with Crippen molar-refractivity contribution in [3.8, 4) is 0 Å². The molecule has 0 aliphatic carbocycles. The summed E-state index contributed by atoms with van der Waals surface area (Å²) in [6.07, 6.45) is 2.67. The molecule has 0 bridgehead atoms. The number of nitrogens with one attached hydrogen (secondary N) is 2. The van der Waals surface area contributed by atoms with Gasteiger partial charge in [-0.05, 0) is 45.7 Å². The largest absolute Gasteiger partial charge is 0.354 e. The molecule has 16 heavy (non-hydrogen) atoms. The molecule has 0 spiro atoms. The summed E-state index contributed by atoms with van der Waals surface area (Å²) in [7, 11) is 0. The van der Waals surface area contributed by atoms with E-state index in [1.165, 1.54) is 19.4 Å². The maximum absolute atomic E-state index is 4.53. The number of rotatable bonds is 3. The molecule has 2 aliphatic heterocycles. The van der Waals surface area contributed by atoms with Crippen molar-refractivity contribution in [3.63, 3.8) is 0 Å². The zero-order valence-electron chi connectivity index (χ0n) is 10.5. The second-order valence-corrected chi connectivity index (χ2v) is 5.09. The molecular formula is C12H24N4. The van der Waals surface area contributed by atoms with E-state index < -0.39 is 0 Å². The maximum Gasteiger partial charge on any atom is 0.194 e. The van der Waals surface area contributed by atoms with Gasteiger partial charge in [0.2, 0.25) is 0 Å². The normalized spacial score (nSPS) is 25.4. The summed E-state index contributed by atoms with van der Waals surface area (Å²) in [5.74, 6) is 1.89. The SMILES string of the molecule is CC(C)N(CC1CCCNC1)C1=NCCN1. The van der Waals surface area contributed by atoms with E-state index in [-0.39, 0.29) is 0 Å². The summed E-state index contributed by atoms with van der Waals surface area (Å²) < 4.78 is 0. The number of nitrogens with zero attached hydrogens (tertiary/aromatic N) is 2. The molecular weight excluding hydrogens is 200 g/mol. The Kier molecular flexibility index (Phi) is 4.04. The zero-order valence-corrected chi connectivity index (χ0v) is 10.5. The Labute approximate surface area is 98.5 Å². The first-order valence-corrected chi connectivity index (χ1v) is 6.53. The van der Waals surface area contributed by atoms with E-state index in [2.05, 4.69) is 34.4 Å². The number of guanidine groups is 1. The molecule has 2 rings (SSSR count). The van der Waals surface area contributed by atoms with E-state index in [1.54, 1.807) is 0 Å². The van der Waals surface area contributed by atoms with Crippen LogP contribution in [0.15, 0.2) is 4.99 Å². The molecule has 1 fully saturated rings. The summed E-state index contributed by atoms with van der Waals surface area (Å²) in [6, 6.07) is 0.534. The molecule has 92 valence electrons. The van der Waals surface area contributed by atoms with E-state index in [0.717, 1.165) is 38.1 Å². The van der Waals surface area contributed by atoms with Gasteiger partial charge >= 0.3 is 0 Å². The lowest BCUT2D eigenvalue weighted by Gasteiger charge is -2.34. The van der Waals surface area contributed by atoms with E-state index in [1.807, 2.05) is 0 Å². The monoisotopic (exact) mass is 224 g/mol. The third-order valence-electron chi connectivity index (χ3n) is 3.41. The topological polar surface area (TPSA) is 39.7 Å². The smallest absolute Gasteiger partial charge is 0.194 e. The molecule has 2 heterocycles. The van der Waals surface area contributed by atoms with Gasteiger partial charge in [0.25, 0.3) is 0 Å². The quantitative estimate of drug-likeness (QED) is 0.739. The summed E-state index contributed by atoms with van der Waals surface area (Å²) in [4.78, 5) is 6.96. The molecule has 0 radical (unpaired) electrons. The van der Waals surface area contributed by atoms with Crippen molar-refractivity contribution >= 4 is 5.96 Å². The fraction of sp³-hybridized carbons (Fsp3) is 0.917. The first-order chi connectivity index (χ1) is 7.77. The lowest BCUT2D eigenvalue weighted by Crippen LogP contribution is -2.47. The van der Waals surface area contributed by atoms with Crippen LogP contribution in [0.1, 0.15) is 26.7 Å². The van der Waals surface area contributed by atoms with E-state index in [4.69, 9.17) is 0 Å². The van der Waals surface area contributed by atoms with Gasteiger partial charge in [-0.15, -0.1) is 0 Å². The first-order valence-electron chi connectivity index (χ1n) is 6.53. The number of hydrogen-bond donors (Lipinski definition) is 2. The van der Waals surface area contributed by atoms with Crippen molar-refractivity contribution < 1.29 is 0 Å². The molecule has 2 aliphatic rings. The van der Waals surface area contributed by atoms with Gasteiger partial charge in [-0.2, -0.15) is 0 Å². The predicted octanol–water partition coefficient (Wildman–Crippen LogP) is 0.656. The van der Waals surface area contributed by atoms with Crippen molar-refractivity contribution in [1.29, 1.82) is 0 Å². The third kappa shape index (κ3) is 2.88. The Balaban J connectivity index is 1.91. The van der Waals surface area contributed by atoms with Gasteiger partial charge in [-0.25, -0.2) is 0 Å². The highest BCUT2D eigenvalue weighted by molar-refractivity contribution is 5.81. The van der Waals surface area contributed by atoms with Crippen molar-refractivity contribution in [1.82, 2.24) is 15.5 Å². The fourth-order valence-corrected chi connectivity index (χ4v) is 2.48.